The Labute approximate surface area is 219 Å². The van der Waals surface area contributed by atoms with E-state index in [0.29, 0.717) is 0 Å². The van der Waals surface area contributed by atoms with Crippen molar-refractivity contribution in [1.29, 1.82) is 0 Å². The van der Waals surface area contributed by atoms with Crippen molar-refractivity contribution >= 4 is 64.4 Å². The smallest absolute Gasteiger partial charge is 0.346 e. The fourth-order valence-corrected chi connectivity index (χ4v) is 14.9. The van der Waals surface area contributed by atoms with Crippen molar-refractivity contribution in [2.75, 3.05) is 13.4 Å². The molecular formula is C24H22ClO6PS3. The predicted molar refractivity (Wildman–Crippen MR) is 137 cm³/mol. The molecule has 0 N–H and O–H groups in total. The van der Waals surface area contributed by atoms with Crippen molar-refractivity contribution < 1.29 is 38.4 Å². The Morgan fingerprint density at radius 2 is 1.17 bits per heavy atom. The van der Waals surface area contributed by atoms with Crippen LogP contribution in [0, 0.1) is 10.2 Å². The minimum atomic E-state index is -4.94. The Balaban J connectivity index is 0.000000623. The van der Waals surface area contributed by atoms with Gasteiger partial charge in [-0.15, -0.1) is 22.0 Å². The zero-order valence-electron chi connectivity index (χ0n) is 18.7. The molecule has 0 radical (unpaired) electrons. The number of benzene rings is 3. The van der Waals surface area contributed by atoms with Crippen LogP contribution in [0.4, 0.5) is 0 Å². The molecule has 0 spiro atoms. The van der Waals surface area contributed by atoms with Crippen LogP contribution in [-0.2, 0) is 9.53 Å². The van der Waals surface area contributed by atoms with Gasteiger partial charge in [0, 0.05) is 0 Å². The van der Waals surface area contributed by atoms with Crippen LogP contribution < -0.4 is 34.5 Å². The molecule has 184 valence electrons. The highest BCUT2D eigenvalue weighted by molar-refractivity contribution is 8.39. The van der Waals surface area contributed by atoms with Gasteiger partial charge in [0.25, 0.3) is 0 Å². The number of rotatable bonds is 6. The predicted octanol–water partition coefficient (Wildman–Crippen LogP) is 0.693. The highest BCUT2D eigenvalue weighted by Crippen LogP contribution is 2.72. The van der Waals surface area contributed by atoms with Crippen LogP contribution in [0.15, 0.2) is 100 Å². The van der Waals surface area contributed by atoms with Crippen LogP contribution in [0.1, 0.15) is 0 Å². The van der Waals surface area contributed by atoms with E-state index in [1.165, 1.54) is 23.0 Å². The average Bonchev–Trinajstić information content (AvgIpc) is 3.30. The molecule has 1 aliphatic rings. The summed E-state index contributed by atoms with van der Waals surface area (Å²) in [5, 5.41) is 3.96. The Morgan fingerprint density at radius 1 is 0.800 bits per heavy atom. The summed E-state index contributed by atoms with van der Waals surface area (Å²) in [6, 6.07) is 32.3. The minimum Gasteiger partial charge on any atom is -0.465 e. The Morgan fingerprint density at radius 3 is 1.49 bits per heavy atom. The van der Waals surface area contributed by atoms with Crippen LogP contribution in [0.2, 0.25) is 0 Å². The maximum Gasteiger partial charge on any atom is 0.346 e. The lowest BCUT2D eigenvalue weighted by Gasteiger charge is -2.31. The molecule has 0 fully saturated rings. The summed E-state index contributed by atoms with van der Waals surface area (Å²) in [4.78, 5) is 13.3. The van der Waals surface area contributed by atoms with Gasteiger partial charge in [-0.2, -0.15) is 0 Å². The molecule has 4 rings (SSSR count). The third-order valence-electron chi connectivity index (χ3n) is 4.97. The molecule has 11 heteroatoms. The molecule has 0 aromatic heterocycles. The van der Waals surface area contributed by atoms with Gasteiger partial charge >= 0.3 is 5.97 Å². The first kappa shape index (κ1) is 28.1. The minimum absolute atomic E-state index is 0.154. The van der Waals surface area contributed by atoms with E-state index >= 15 is 0 Å². The standard InChI is InChI=1S/C24H22O2PS3.ClHO4/c1-26-22(25)21-23(28-2)30-24(29-21)27(18-12-6-3-7-13-18,19-14-8-4-9-15-19)20-16-10-5-11-17-20;2-1(3,4)5/h3-17,24H,1-2H3;(H,2,3,4,5)/q+1;/p-1. The largest absolute Gasteiger partial charge is 0.465 e. The molecule has 3 aromatic carbocycles. The van der Waals surface area contributed by atoms with Gasteiger partial charge in [-0.3, -0.25) is 0 Å². The van der Waals surface area contributed by atoms with E-state index in [0.717, 1.165) is 9.14 Å². The van der Waals surface area contributed by atoms with Crippen molar-refractivity contribution in [3.63, 3.8) is 0 Å². The van der Waals surface area contributed by atoms with E-state index in [4.69, 9.17) is 23.4 Å². The summed E-state index contributed by atoms with van der Waals surface area (Å²) >= 11 is 5.10. The highest BCUT2D eigenvalue weighted by atomic mass is 35.7. The molecule has 6 nitrogen and oxygen atoms in total. The summed E-state index contributed by atoms with van der Waals surface area (Å²) in [6.07, 6.45) is 2.03. The third kappa shape index (κ3) is 6.83. The molecule has 0 bridgehead atoms. The number of methoxy groups -OCH3 is 1. The third-order valence-corrected chi connectivity index (χ3v) is 15.1. The van der Waals surface area contributed by atoms with Crippen LogP contribution in [0.5, 0.6) is 0 Å². The number of thioether (sulfide) groups is 3. The lowest BCUT2D eigenvalue weighted by molar-refractivity contribution is -2.00. The van der Waals surface area contributed by atoms with Crippen LogP contribution >= 0.6 is 42.5 Å². The molecule has 0 saturated heterocycles. The van der Waals surface area contributed by atoms with Crippen LogP contribution in [0.25, 0.3) is 0 Å². The molecule has 1 heterocycles. The van der Waals surface area contributed by atoms with Gasteiger partial charge in [0.05, 0.1) is 11.3 Å². The summed E-state index contributed by atoms with van der Waals surface area (Å²) in [5.74, 6) is -0.244. The van der Waals surface area contributed by atoms with Gasteiger partial charge < -0.3 is 4.74 Å². The molecule has 1 atom stereocenters. The Kier molecular flexibility index (Phi) is 10.1. The zero-order valence-corrected chi connectivity index (χ0v) is 22.8. The molecule has 0 amide bonds. The first-order valence-electron chi connectivity index (χ1n) is 10.1. The average molecular weight is 569 g/mol. The van der Waals surface area contributed by atoms with Crippen LogP contribution in [0.3, 0.4) is 0 Å². The topological polar surface area (TPSA) is 119 Å². The molecule has 3 aromatic rings. The van der Waals surface area contributed by atoms with E-state index in [9.17, 15) is 4.79 Å². The van der Waals surface area contributed by atoms with Crippen molar-refractivity contribution in [3.8, 4) is 0 Å². The highest BCUT2D eigenvalue weighted by Gasteiger charge is 2.56. The second kappa shape index (κ2) is 12.6. The fraction of sp³-hybridized carbons (Fsp3) is 0.125. The van der Waals surface area contributed by atoms with E-state index in [1.807, 2.05) is 18.0 Å². The van der Waals surface area contributed by atoms with Crippen molar-refractivity contribution in [3.05, 3.63) is 100 Å². The van der Waals surface area contributed by atoms with E-state index in [1.54, 1.807) is 23.5 Å². The first-order chi connectivity index (χ1) is 16.7. The Bertz CT molecular complexity index is 1040. The monoisotopic (exact) mass is 568 g/mol. The van der Waals surface area contributed by atoms with Gasteiger partial charge in [-0.1, -0.05) is 78.1 Å². The quantitative estimate of drug-likeness (QED) is 0.312. The summed E-state index contributed by atoms with van der Waals surface area (Å²) < 4.78 is 40.3. The van der Waals surface area contributed by atoms with Crippen molar-refractivity contribution in [1.82, 2.24) is 0 Å². The SMILES string of the molecule is COC(=O)C1=C(SC)SC([P+](c2ccccc2)(c2ccccc2)c2ccccc2)S1.[O-][Cl+3]([O-])([O-])[O-]. The van der Waals surface area contributed by atoms with E-state index in [2.05, 4.69) is 91.0 Å². The van der Waals surface area contributed by atoms with Crippen molar-refractivity contribution in [2.45, 2.75) is 4.32 Å². The number of carbonyl (C=O) groups excluding carboxylic acids is 1. The van der Waals surface area contributed by atoms with Gasteiger partial charge in [-0.25, -0.2) is 23.4 Å². The summed E-state index contributed by atoms with van der Waals surface area (Å²) in [5.41, 5.74) is 0. The molecule has 0 saturated carbocycles. The maximum atomic E-state index is 12.6. The van der Waals surface area contributed by atoms with Gasteiger partial charge in [0.15, 0.2) is 4.32 Å². The molecular weight excluding hydrogens is 547 g/mol. The summed E-state index contributed by atoms with van der Waals surface area (Å²) in [6.45, 7) is 0. The molecule has 35 heavy (non-hydrogen) atoms. The molecule has 1 unspecified atom stereocenters. The zero-order chi connectivity index (χ0) is 25.5. The number of carbonyl (C=O) groups is 1. The van der Waals surface area contributed by atoms with Crippen LogP contribution in [-0.4, -0.2) is 23.7 Å². The second-order valence-electron chi connectivity index (χ2n) is 6.96. The van der Waals surface area contributed by atoms with E-state index < -0.39 is 17.5 Å². The van der Waals surface area contributed by atoms with Gasteiger partial charge in [0.2, 0.25) is 0 Å². The van der Waals surface area contributed by atoms with E-state index in [-0.39, 0.29) is 10.3 Å². The first-order valence-corrected chi connectivity index (χ1v) is 16.2. The number of esters is 1. The number of hydrogen-bond acceptors (Lipinski definition) is 9. The fourth-order valence-electron chi connectivity index (χ4n) is 3.64. The normalized spacial score (nSPS) is 15.9. The number of ether oxygens (including phenoxy) is 1. The van der Waals surface area contributed by atoms with Gasteiger partial charge in [-0.05, 0) is 42.7 Å². The lowest BCUT2D eigenvalue weighted by Crippen LogP contribution is -2.68. The number of hydrogen-bond donors (Lipinski definition) is 0. The van der Waals surface area contributed by atoms with Gasteiger partial charge in [0.1, 0.15) is 28.1 Å². The van der Waals surface area contributed by atoms with Crippen molar-refractivity contribution in [2.24, 2.45) is 0 Å². The lowest BCUT2D eigenvalue weighted by atomic mass is 10.4. The second-order valence-corrected chi connectivity index (χ2v) is 15.5. The molecule has 0 aliphatic carbocycles. The Hall–Kier alpha value is -1.52. The summed E-state index contributed by atoms with van der Waals surface area (Å²) in [7, 11) is -5.56. The number of halogens is 1. The maximum absolute atomic E-state index is 12.6. The molecule has 1 aliphatic heterocycles.